The second-order valence-corrected chi connectivity index (χ2v) is 5.66. The first kappa shape index (κ1) is 14.3. The lowest BCUT2D eigenvalue weighted by Gasteiger charge is -2.07. The fraction of sp³-hybridized carbons (Fsp3) is 0.167. The van der Waals surface area contributed by atoms with Gasteiger partial charge in [-0.1, -0.05) is 13.0 Å². The van der Waals surface area contributed by atoms with E-state index in [9.17, 15) is 0 Å². The first-order valence-electron chi connectivity index (χ1n) is 7.84. The second kappa shape index (κ2) is 5.70. The van der Waals surface area contributed by atoms with E-state index in [-0.39, 0.29) is 0 Å². The van der Waals surface area contributed by atoms with Crippen LogP contribution in [0.1, 0.15) is 23.7 Å². The van der Waals surface area contributed by atoms with Crippen molar-refractivity contribution in [1.82, 2.24) is 24.7 Å². The van der Waals surface area contributed by atoms with Crippen molar-refractivity contribution in [3.63, 3.8) is 0 Å². The number of H-pyrrole nitrogens is 2. The summed E-state index contributed by atoms with van der Waals surface area (Å²) in [6, 6.07) is 9.90. The molecule has 118 valence electrons. The Hall–Kier alpha value is -3.33. The molecule has 0 atom stereocenters. The van der Waals surface area contributed by atoms with Crippen molar-refractivity contribution >= 4 is 10.9 Å². The molecule has 2 N–H and O–H groups in total. The zero-order chi connectivity index (χ0) is 16.5. The molecule has 0 spiro atoms. The topological polar surface area (TPSA) is 86.1 Å². The van der Waals surface area contributed by atoms with Crippen LogP contribution in [-0.4, -0.2) is 24.7 Å². The van der Waals surface area contributed by atoms with E-state index in [1.54, 1.807) is 12.4 Å². The zero-order valence-electron chi connectivity index (χ0n) is 13.2. The van der Waals surface area contributed by atoms with Crippen molar-refractivity contribution < 1.29 is 0 Å². The van der Waals surface area contributed by atoms with E-state index in [0.29, 0.717) is 12.1 Å². The smallest absolute Gasteiger partial charge is 0.158 e. The minimum absolute atomic E-state index is 0.665. The molecule has 24 heavy (non-hydrogen) atoms. The molecule has 6 nitrogen and oxygen atoms in total. The summed E-state index contributed by atoms with van der Waals surface area (Å²) in [5.41, 5.74) is 4.98. The van der Waals surface area contributed by atoms with Crippen LogP contribution in [0, 0.1) is 11.3 Å². The van der Waals surface area contributed by atoms with Crippen molar-refractivity contribution in [3.8, 4) is 17.6 Å². The van der Waals surface area contributed by atoms with E-state index >= 15 is 0 Å². The van der Waals surface area contributed by atoms with Gasteiger partial charge in [0.15, 0.2) is 5.82 Å². The standard InChI is InChI=1S/C18H16N6/c1-2-13-14-4-3-12(10-19)9-16(14)22-17(13)11-24-8-7-20-18(24)15-5-6-21-23-15/h3-9,22H,2,11H2,1H3,(H,21,23). The van der Waals surface area contributed by atoms with Gasteiger partial charge in [-0.05, 0) is 30.2 Å². The highest BCUT2D eigenvalue weighted by atomic mass is 15.2. The first-order chi connectivity index (χ1) is 11.8. The molecule has 0 saturated heterocycles. The molecule has 0 aliphatic heterocycles. The van der Waals surface area contributed by atoms with Crippen LogP contribution in [0.15, 0.2) is 42.9 Å². The quantitative estimate of drug-likeness (QED) is 0.606. The van der Waals surface area contributed by atoms with Gasteiger partial charge in [-0.15, -0.1) is 0 Å². The monoisotopic (exact) mass is 316 g/mol. The summed E-state index contributed by atoms with van der Waals surface area (Å²) in [6.07, 6.45) is 6.40. The number of aromatic amines is 2. The van der Waals surface area contributed by atoms with Gasteiger partial charge in [-0.2, -0.15) is 10.4 Å². The van der Waals surface area contributed by atoms with Crippen LogP contribution in [0.4, 0.5) is 0 Å². The number of nitrogens with one attached hydrogen (secondary N) is 2. The highest BCUT2D eigenvalue weighted by molar-refractivity contribution is 5.85. The van der Waals surface area contributed by atoms with Gasteiger partial charge in [0.25, 0.3) is 0 Å². The number of nitriles is 1. The summed E-state index contributed by atoms with van der Waals surface area (Å²) in [5.74, 6) is 0.853. The van der Waals surface area contributed by atoms with Gasteiger partial charge in [-0.25, -0.2) is 4.98 Å². The number of benzene rings is 1. The summed E-state index contributed by atoms with van der Waals surface area (Å²) in [6.45, 7) is 2.84. The van der Waals surface area contributed by atoms with Crippen molar-refractivity contribution in [2.45, 2.75) is 19.9 Å². The van der Waals surface area contributed by atoms with Gasteiger partial charge < -0.3 is 9.55 Å². The molecule has 4 aromatic rings. The summed E-state index contributed by atoms with van der Waals surface area (Å²) >= 11 is 0. The maximum Gasteiger partial charge on any atom is 0.158 e. The van der Waals surface area contributed by atoms with Crippen molar-refractivity contribution in [2.75, 3.05) is 0 Å². The lowest BCUT2D eigenvalue weighted by molar-refractivity contribution is 0.776. The molecule has 0 fully saturated rings. The van der Waals surface area contributed by atoms with E-state index < -0.39 is 0 Å². The van der Waals surface area contributed by atoms with Gasteiger partial charge >= 0.3 is 0 Å². The van der Waals surface area contributed by atoms with E-state index in [2.05, 4.69) is 37.7 Å². The third kappa shape index (κ3) is 2.27. The van der Waals surface area contributed by atoms with Gasteiger partial charge in [-0.3, -0.25) is 5.10 Å². The molecule has 0 aliphatic carbocycles. The molecular weight excluding hydrogens is 300 g/mol. The maximum absolute atomic E-state index is 9.09. The summed E-state index contributed by atoms with van der Waals surface area (Å²) in [7, 11) is 0. The minimum atomic E-state index is 0.665. The molecule has 0 saturated carbocycles. The number of hydrogen-bond donors (Lipinski definition) is 2. The second-order valence-electron chi connectivity index (χ2n) is 5.66. The molecule has 0 bridgehead atoms. The maximum atomic E-state index is 9.09. The Morgan fingerprint density at radius 1 is 1.25 bits per heavy atom. The summed E-state index contributed by atoms with van der Waals surface area (Å²) in [5, 5.41) is 17.2. The van der Waals surface area contributed by atoms with E-state index in [1.807, 2.05) is 30.5 Å². The van der Waals surface area contributed by atoms with Crippen molar-refractivity contribution in [1.29, 1.82) is 5.26 Å². The molecule has 6 heteroatoms. The highest BCUT2D eigenvalue weighted by Gasteiger charge is 2.13. The Bertz CT molecular complexity index is 1030. The first-order valence-corrected chi connectivity index (χ1v) is 7.84. The fourth-order valence-electron chi connectivity index (χ4n) is 3.15. The number of nitrogens with zero attached hydrogens (tertiary/aromatic N) is 4. The number of aryl methyl sites for hydroxylation is 1. The van der Waals surface area contributed by atoms with Crippen molar-refractivity contribution in [3.05, 3.63) is 59.7 Å². The Morgan fingerprint density at radius 3 is 2.92 bits per heavy atom. The highest BCUT2D eigenvalue weighted by Crippen LogP contribution is 2.26. The lowest BCUT2D eigenvalue weighted by atomic mass is 10.1. The van der Waals surface area contributed by atoms with Crippen LogP contribution in [0.2, 0.25) is 0 Å². The van der Waals surface area contributed by atoms with Crippen LogP contribution in [0.25, 0.3) is 22.4 Å². The van der Waals surface area contributed by atoms with E-state index in [4.69, 9.17) is 5.26 Å². The van der Waals surface area contributed by atoms with Gasteiger partial charge in [0.05, 0.1) is 18.2 Å². The predicted molar refractivity (Wildman–Crippen MR) is 91.3 cm³/mol. The van der Waals surface area contributed by atoms with Gasteiger partial charge in [0.1, 0.15) is 5.69 Å². The Morgan fingerprint density at radius 2 is 2.17 bits per heavy atom. The SMILES string of the molecule is CCc1c(Cn2ccnc2-c2ccn[nH]2)[nH]c2cc(C#N)ccc12. The third-order valence-corrected chi connectivity index (χ3v) is 4.26. The van der Waals surface area contributed by atoms with E-state index in [0.717, 1.165) is 29.1 Å². The van der Waals surface area contributed by atoms with Gasteiger partial charge in [0, 0.05) is 35.2 Å². The Kier molecular flexibility index (Phi) is 3.39. The molecule has 0 radical (unpaired) electrons. The molecule has 0 aliphatic rings. The molecular formula is C18H16N6. The largest absolute Gasteiger partial charge is 0.357 e. The minimum Gasteiger partial charge on any atom is -0.357 e. The third-order valence-electron chi connectivity index (χ3n) is 4.26. The molecule has 0 amide bonds. The van der Waals surface area contributed by atoms with Crippen molar-refractivity contribution in [2.24, 2.45) is 0 Å². The lowest BCUT2D eigenvalue weighted by Crippen LogP contribution is -2.03. The number of fused-ring (bicyclic) bond motifs is 1. The molecule has 4 rings (SSSR count). The molecule has 3 aromatic heterocycles. The fourth-order valence-corrected chi connectivity index (χ4v) is 3.15. The average Bonchev–Trinajstić information content (AvgIpc) is 3.33. The number of aromatic nitrogens is 5. The zero-order valence-corrected chi connectivity index (χ0v) is 13.2. The van der Waals surface area contributed by atoms with Crippen LogP contribution in [0.5, 0.6) is 0 Å². The van der Waals surface area contributed by atoms with E-state index in [1.165, 1.54) is 10.9 Å². The molecule has 0 unspecified atom stereocenters. The van der Waals surface area contributed by atoms with Crippen LogP contribution < -0.4 is 0 Å². The molecule has 1 aromatic carbocycles. The number of imidazole rings is 1. The normalized spacial score (nSPS) is 11.0. The Balaban J connectivity index is 1.78. The van der Waals surface area contributed by atoms with Crippen LogP contribution in [0.3, 0.4) is 0 Å². The van der Waals surface area contributed by atoms with Gasteiger partial charge in [0.2, 0.25) is 0 Å². The van der Waals surface area contributed by atoms with Crippen LogP contribution in [-0.2, 0) is 13.0 Å². The number of rotatable bonds is 4. The summed E-state index contributed by atoms with van der Waals surface area (Å²) < 4.78 is 2.09. The summed E-state index contributed by atoms with van der Waals surface area (Å²) in [4.78, 5) is 7.90. The van der Waals surface area contributed by atoms with Crippen LogP contribution >= 0.6 is 0 Å². The number of hydrogen-bond acceptors (Lipinski definition) is 3. The predicted octanol–water partition coefficient (Wildman–Crippen LogP) is 3.24. The average molecular weight is 316 g/mol. The molecule has 3 heterocycles. The Labute approximate surface area is 138 Å².